The Hall–Kier alpha value is -1.61. The summed E-state index contributed by atoms with van der Waals surface area (Å²) >= 11 is 0. The van der Waals surface area contributed by atoms with Gasteiger partial charge in [-0.1, -0.05) is 25.1 Å². The Kier molecular flexibility index (Phi) is 3.38. The summed E-state index contributed by atoms with van der Waals surface area (Å²) in [6.07, 6.45) is 6.56. The Labute approximate surface area is 114 Å². The molecular formula is C16H21N3. The van der Waals surface area contributed by atoms with Gasteiger partial charge >= 0.3 is 0 Å². The summed E-state index contributed by atoms with van der Waals surface area (Å²) in [5.74, 6) is 0.700. The molecule has 1 aliphatic rings. The minimum Gasteiger partial charge on any atom is -0.327 e. The van der Waals surface area contributed by atoms with E-state index in [-0.39, 0.29) is 6.04 Å². The summed E-state index contributed by atoms with van der Waals surface area (Å²) in [6.45, 7) is 2.13. The van der Waals surface area contributed by atoms with E-state index < -0.39 is 0 Å². The first-order valence-electron chi connectivity index (χ1n) is 7.17. The van der Waals surface area contributed by atoms with Crippen LogP contribution in [-0.4, -0.2) is 15.8 Å². The van der Waals surface area contributed by atoms with Crippen molar-refractivity contribution in [1.29, 1.82) is 0 Å². The Morgan fingerprint density at radius 2 is 2.11 bits per heavy atom. The lowest BCUT2D eigenvalue weighted by molar-refractivity contribution is 0.642. The maximum atomic E-state index is 6.09. The van der Waals surface area contributed by atoms with Crippen LogP contribution in [0, 0.1) is 0 Å². The van der Waals surface area contributed by atoms with Gasteiger partial charge in [0.15, 0.2) is 0 Å². The van der Waals surface area contributed by atoms with Gasteiger partial charge in [0.25, 0.3) is 0 Å². The second-order valence-electron chi connectivity index (χ2n) is 5.46. The van der Waals surface area contributed by atoms with Crippen molar-refractivity contribution in [3.05, 3.63) is 47.8 Å². The smallest absolute Gasteiger partial charge is 0.0678 e. The first-order chi connectivity index (χ1) is 9.28. The fraction of sp³-hybridized carbons (Fsp3) is 0.438. The lowest BCUT2D eigenvalue weighted by Crippen LogP contribution is -2.22. The number of aromatic nitrogens is 2. The second-order valence-corrected chi connectivity index (χ2v) is 5.46. The van der Waals surface area contributed by atoms with Gasteiger partial charge in [0, 0.05) is 18.2 Å². The van der Waals surface area contributed by atoms with Crippen molar-refractivity contribution in [3.63, 3.8) is 0 Å². The van der Waals surface area contributed by atoms with Crippen molar-refractivity contribution in [1.82, 2.24) is 9.78 Å². The molecule has 1 aromatic heterocycles. The Morgan fingerprint density at radius 1 is 1.32 bits per heavy atom. The van der Waals surface area contributed by atoms with Gasteiger partial charge in [-0.25, -0.2) is 4.68 Å². The van der Waals surface area contributed by atoms with Crippen LogP contribution in [0.25, 0.3) is 5.69 Å². The van der Waals surface area contributed by atoms with Gasteiger partial charge in [-0.2, -0.15) is 5.10 Å². The minimum absolute atomic E-state index is 0.222. The summed E-state index contributed by atoms with van der Waals surface area (Å²) < 4.78 is 2.01. The number of hydrogen-bond donors (Lipinski definition) is 1. The fourth-order valence-electron chi connectivity index (χ4n) is 2.40. The van der Waals surface area contributed by atoms with E-state index in [4.69, 9.17) is 10.8 Å². The van der Waals surface area contributed by atoms with Crippen LogP contribution in [0.5, 0.6) is 0 Å². The highest BCUT2D eigenvalue weighted by molar-refractivity contribution is 5.41. The molecule has 19 heavy (non-hydrogen) atoms. The number of rotatable bonds is 5. The van der Waals surface area contributed by atoms with Crippen molar-refractivity contribution in [2.24, 2.45) is 5.73 Å². The highest BCUT2D eigenvalue weighted by atomic mass is 15.3. The molecule has 3 heteroatoms. The minimum atomic E-state index is 0.222. The third-order valence-corrected chi connectivity index (χ3v) is 3.85. The van der Waals surface area contributed by atoms with Crippen molar-refractivity contribution < 1.29 is 0 Å². The van der Waals surface area contributed by atoms with E-state index in [1.54, 1.807) is 0 Å². The normalized spacial score (nSPS) is 16.5. The number of hydrogen-bond acceptors (Lipinski definition) is 2. The number of nitrogens with two attached hydrogens (primary N) is 1. The van der Waals surface area contributed by atoms with E-state index in [2.05, 4.69) is 43.5 Å². The zero-order chi connectivity index (χ0) is 13.2. The Bertz CT molecular complexity index is 555. The van der Waals surface area contributed by atoms with Crippen LogP contribution in [0.1, 0.15) is 43.4 Å². The van der Waals surface area contributed by atoms with Gasteiger partial charge in [-0.3, -0.25) is 0 Å². The summed E-state index contributed by atoms with van der Waals surface area (Å²) in [6, 6.07) is 10.8. The molecule has 100 valence electrons. The predicted molar refractivity (Wildman–Crippen MR) is 77.5 cm³/mol. The fourth-order valence-corrected chi connectivity index (χ4v) is 2.40. The Balaban J connectivity index is 1.89. The zero-order valence-electron chi connectivity index (χ0n) is 11.4. The molecule has 2 N–H and O–H groups in total. The highest BCUT2D eigenvalue weighted by Crippen LogP contribution is 2.39. The number of nitrogens with zero attached hydrogens (tertiary/aromatic N) is 2. The summed E-state index contributed by atoms with van der Waals surface area (Å²) in [4.78, 5) is 0. The molecule has 0 radical (unpaired) electrons. The molecular weight excluding hydrogens is 234 g/mol. The Morgan fingerprint density at radius 3 is 2.84 bits per heavy atom. The van der Waals surface area contributed by atoms with Crippen LogP contribution in [-0.2, 0) is 6.42 Å². The van der Waals surface area contributed by atoms with Crippen molar-refractivity contribution in [3.8, 4) is 5.69 Å². The molecule has 1 heterocycles. The predicted octanol–water partition coefficient (Wildman–Crippen LogP) is 3.03. The SMILES string of the molecule is CCC(N)Cc1ccccc1-n1ccc(C2CC2)n1. The molecule has 1 aromatic carbocycles. The van der Waals surface area contributed by atoms with Crippen LogP contribution in [0.2, 0.25) is 0 Å². The molecule has 3 nitrogen and oxygen atoms in total. The van der Waals surface area contributed by atoms with Gasteiger partial charge < -0.3 is 5.73 Å². The molecule has 0 spiro atoms. The molecule has 3 rings (SSSR count). The molecule has 1 aliphatic carbocycles. The van der Waals surface area contributed by atoms with E-state index in [1.165, 1.54) is 29.8 Å². The first-order valence-corrected chi connectivity index (χ1v) is 7.17. The van der Waals surface area contributed by atoms with E-state index in [0.29, 0.717) is 5.92 Å². The maximum Gasteiger partial charge on any atom is 0.0678 e. The third-order valence-electron chi connectivity index (χ3n) is 3.85. The van der Waals surface area contributed by atoms with E-state index in [9.17, 15) is 0 Å². The monoisotopic (exact) mass is 255 g/mol. The summed E-state index contributed by atoms with van der Waals surface area (Å²) in [5, 5.41) is 4.71. The zero-order valence-corrected chi connectivity index (χ0v) is 11.4. The molecule has 0 amide bonds. The standard InChI is InChI=1S/C16H21N3/c1-2-14(17)11-13-5-3-4-6-16(13)19-10-9-15(18-19)12-7-8-12/h3-6,9-10,12,14H,2,7-8,11,17H2,1H3. The van der Waals surface area contributed by atoms with E-state index in [1.807, 2.05) is 4.68 Å². The van der Waals surface area contributed by atoms with Gasteiger partial charge in [0.05, 0.1) is 11.4 Å². The lowest BCUT2D eigenvalue weighted by Gasteiger charge is -2.13. The number of benzene rings is 1. The van der Waals surface area contributed by atoms with Crippen molar-refractivity contribution in [2.75, 3.05) is 0 Å². The second kappa shape index (κ2) is 5.17. The average Bonchev–Trinajstić information content (AvgIpc) is 3.17. The van der Waals surface area contributed by atoms with Gasteiger partial charge in [0.2, 0.25) is 0 Å². The molecule has 1 atom stereocenters. The molecule has 0 aliphatic heterocycles. The van der Waals surface area contributed by atoms with E-state index >= 15 is 0 Å². The summed E-state index contributed by atoms with van der Waals surface area (Å²) in [7, 11) is 0. The quantitative estimate of drug-likeness (QED) is 0.892. The molecule has 1 unspecified atom stereocenters. The van der Waals surface area contributed by atoms with E-state index in [0.717, 1.165) is 12.8 Å². The molecule has 1 fully saturated rings. The summed E-state index contributed by atoms with van der Waals surface area (Å²) in [5.41, 5.74) is 9.76. The van der Waals surface area contributed by atoms with Crippen LogP contribution in [0.3, 0.4) is 0 Å². The van der Waals surface area contributed by atoms with Gasteiger partial charge in [-0.05, 0) is 43.4 Å². The molecule has 0 bridgehead atoms. The van der Waals surface area contributed by atoms with Gasteiger partial charge in [-0.15, -0.1) is 0 Å². The topological polar surface area (TPSA) is 43.8 Å². The largest absolute Gasteiger partial charge is 0.327 e. The van der Waals surface area contributed by atoms with Gasteiger partial charge in [0.1, 0.15) is 0 Å². The molecule has 0 saturated heterocycles. The van der Waals surface area contributed by atoms with Crippen LogP contribution in [0.4, 0.5) is 0 Å². The third kappa shape index (κ3) is 2.71. The highest BCUT2D eigenvalue weighted by Gasteiger charge is 2.26. The molecule has 2 aromatic rings. The van der Waals surface area contributed by atoms with Crippen LogP contribution >= 0.6 is 0 Å². The first kappa shape index (κ1) is 12.4. The van der Waals surface area contributed by atoms with Crippen LogP contribution in [0.15, 0.2) is 36.5 Å². The molecule has 1 saturated carbocycles. The van der Waals surface area contributed by atoms with Crippen molar-refractivity contribution in [2.45, 2.75) is 44.6 Å². The lowest BCUT2D eigenvalue weighted by atomic mass is 10.0. The van der Waals surface area contributed by atoms with Crippen LogP contribution < -0.4 is 5.73 Å². The maximum absolute atomic E-state index is 6.09. The average molecular weight is 255 g/mol. The number of para-hydroxylation sites is 1. The van der Waals surface area contributed by atoms with Crippen molar-refractivity contribution >= 4 is 0 Å².